The van der Waals surface area contributed by atoms with Crippen molar-refractivity contribution in [3.8, 4) is 11.8 Å². The van der Waals surface area contributed by atoms with E-state index < -0.39 is 17.7 Å². The number of carboxylic acid groups (broad SMARTS) is 1. The van der Waals surface area contributed by atoms with Crippen LogP contribution in [-0.2, 0) is 11.0 Å². The van der Waals surface area contributed by atoms with Gasteiger partial charge in [-0.15, -0.1) is 0 Å². The molecule has 0 bridgehead atoms. The largest absolute Gasteiger partial charge is 0.481 e. The molecule has 2 nitrogen and oxygen atoms in total. The molecule has 0 aliphatic rings. The first kappa shape index (κ1) is 13.1. The summed E-state index contributed by atoms with van der Waals surface area (Å²) in [4.78, 5) is 10.2. The van der Waals surface area contributed by atoms with Gasteiger partial charge in [0.2, 0.25) is 0 Å². The van der Waals surface area contributed by atoms with Crippen LogP contribution in [0.15, 0.2) is 18.2 Å². The van der Waals surface area contributed by atoms with Crippen LogP contribution in [0.5, 0.6) is 0 Å². The maximum atomic E-state index is 12.4. The Morgan fingerprint density at radius 2 is 2.06 bits per heavy atom. The molecule has 0 aliphatic heterocycles. The van der Waals surface area contributed by atoms with Crippen LogP contribution in [0, 0.1) is 18.8 Å². The Hall–Kier alpha value is -1.96. The zero-order chi connectivity index (χ0) is 13.1. The molecule has 0 amide bonds. The molecule has 5 heteroatoms. The van der Waals surface area contributed by atoms with Gasteiger partial charge in [0.25, 0.3) is 0 Å². The number of hydrogen-bond donors (Lipinski definition) is 1. The monoisotopic (exact) mass is 242 g/mol. The standard InChI is InChI=1S/C12H9F3O2/c1-8-7-9(3-2-4-11(16)17)5-6-10(8)12(13,14)15/h5-7H,4H2,1H3,(H,16,17). The normalized spacial score (nSPS) is 10.6. The fourth-order valence-electron chi connectivity index (χ4n) is 1.28. The van der Waals surface area contributed by atoms with Crippen molar-refractivity contribution < 1.29 is 23.1 Å². The van der Waals surface area contributed by atoms with Crippen LogP contribution in [0.4, 0.5) is 13.2 Å². The van der Waals surface area contributed by atoms with E-state index in [1.165, 1.54) is 19.1 Å². The number of carboxylic acids is 1. The Bertz CT molecular complexity index is 493. The summed E-state index contributed by atoms with van der Waals surface area (Å²) in [5.74, 6) is 3.78. The van der Waals surface area contributed by atoms with Crippen molar-refractivity contribution in [3.05, 3.63) is 34.9 Å². The van der Waals surface area contributed by atoms with Crippen LogP contribution in [0.25, 0.3) is 0 Å². The summed E-state index contributed by atoms with van der Waals surface area (Å²) in [6.07, 6.45) is -4.71. The Morgan fingerprint density at radius 1 is 1.41 bits per heavy atom. The van der Waals surface area contributed by atoms with Gasteiger partial charge in [0, 0.05) is 5.56 Å². The maximum Gasteiger partial charge on any atom is 0.416 e. The number of halogens is 3. The summed E-state index contributed by atoms with van der Waals surface area (Å²) in [6, 6.07) is 3.46. The molecule has 0 saturated carbocycles. The number of alkyl halides is 3. The van der Waals surface area contributed by atoms with Gasteiger partial charge in [0.1, 0.15) is 6.42 Å². The maximum absolute atomic E-state index is 12.4. The minimum atomic E-state index is -4.38. The molecule has 90 valence electrons. The van der Waals surface area contributed by atoms with E-state index in [2.05, 4.69) is 11.8 Å². The number of hydrogen-bond acceptors (Lipinski definition) is 1. The molecule has 1 aromatic rings. The molecule has 1 rings (SSSR count). The molecule has 1 aromatic carbocycles. The second-order valence-electron chi connectivity index (χ2n) is 3.40. The molecule has 0 saturated heterocycles. The molecule has 0 radical (unpaired) electrons. The summed E-state index contributed by atoms with van der Waals surface area (Å²) in [5, 5.41) is 8.35. The first-order chi connectivity index (χ1) is 7.80. The quantitative estimate of drug-likeness (QED) is 0.769. The van der Waals surface area contributed by atoms with Crippen molar-refractivity contribution in [2.45, 2.75) is 19.5 Å². The average Bonchev–Trinajstić information content (AvgIpc) is 2.14. The molecule has 0 spiro atoms. The fourth-order valence-corrected chi connectivity index (χ4v) is 1.28. The first-order valence-corrected chi connectivity index (χ1v) is 4.69. The Balaban J connectivity index is 2.96. The highest BCUT2D eigenvalue weighted by Gasteiger charge is 2.31. The van der Waals surface area contributed by atoms with E-state index in [0.29, 0.717) is 5.56 Å². The lowest BCUT2D eigenvalue weighted by Gasteiger charge is -2.09. The highest BCUT2D eigenvalue weighted by Crippen LogP contribution is 2.31. The number of aryl methyl sites for hydroxylation is 1. The minimum absolute atomic E-state index is 0.0691. The third-order valence-electron chi connectivity index (χ3n) is 2.00. The average molecular weight is 242 g/mol. The van der Waals surface area contributed by atoms with Crippen LogP contribution in [0.3, 0.4) is 0 Å². The van der Waals surface area contributed by atoms with Crippen molar-refractivity contribution >= 4 is 5.97 Å². The molecule has 0 atom stereocenters. The van der Waals surface area contributed by atoms with Crippen molar-refractivity contribution in [1.82, 2.24) is 0 Å². The zero-order valence-electron chi connectivity index (χ0n) is 8.93. The predicted molar refractivity (Wildman–Crippen MR) is 55.3 cm³/mol. The highest BCUT2D eigenvalue weighted by molar-refractivity contribution is 5.70. The summed E-state index contributed by atoms with van der Waals surface area (Å²) in [5.41, 5.74) is -0.266. The molecular formula is C12H9F3O2. The highest BCUT2D eigenvalue weighted by atomic mass is 19.4. The zero-order valence-corrected chi connectivity index (χ0v) is 8.93. The summed E-state index contributed by atoms with van der Waals surface area (Å²) in [6.45, 7) is 1.34. The third kappa shape index (κ3) is 3.83. The van der Waals surface area contributed by atoms with Crippen molar-refractivity contribution in [3.63, 3.8) is 0 Å². The van der Waals surface area contributed by atoms with Gasteiger partial charge in [-0.1, -0.05) is 11.8 Å². The first-order valence-electron chi connectivity index (χ1n) is 4.69. The Morgan fingerprint density at radius 3 is 2.53 bits per heavy atom. The second kappa shape index (κ2) is 4.91. The topological polar surface area (TPSA) is 37.3 Å². The van der Waals surface area contributed by atoms with Crippen LogP contribution in [0.2, 0.25) is 0 Å². The molecule has 0 unspecified atom stereocenters. The van der Waals surface area contributed by atoms with E-state index in [4.69, 9.17) is 5.11 Å². The van der Waals surface area contributed by atoms with Gasteiger partial charge in [0.15, 0.2) is 0 Å². The van der Waals surface area contributed by atoms with Crippen LogP contribution >= 0.6 is 0 Å². The van der Waals surface area contributed by atoms with Gasteiger partial charge < -0.3 is 5.11 Å². The Labute approximate surface area is 96.1 Å². The fraction of sp³-hybridized carbons (Fsp3) is 0.250. The van der Waals surface area contributed by atoms with Crippen molar-refractivity contribution in [2.75, 3.05) is 0 Å². The summed E-state index contributed by atoms with van der Waals surface area (Å²) in [7, 11) is 0. The van der Waals surface area contributed by atoms with E-state index in [0.717, 1.165) is 6.07 Å². The van der Waals surface area contributed by atoms with Crippen LogP contribution in [0.1, 0.15) is 23.1 Å². The van der Waals surface area contributed by atoms with E-state index in [9.17, 15) is 18.0 Å². The van der Waals surface area contributed by atoms with E-state index >= 15 is 0 Å². The molecule has 0 heterocycles. The lowest BCUT2D eigenvalue weighted by Crippen LogP contribution is -2.07. The van der Waals surface area contributed by atoms with Gasteiger partial charge in [0.05, 0.1) is 5.56 Å². The van der Waals surface area contributed by atoms with Gasteiger partial charge in [-0.3, -0.25) is 4.79 Å². The second-order valence-corrected chi connectivity index (χ2v) is 3.40. The summed E-state index contributed by atoms with van der Waals surface area (Å²) < 4.78 is 37.3. The molecule has 0 fully saturated rings. The SMILES string of the molecule is Cc1cc(C#CCC(=O)O)ccc1C(F)(F)F. The molecule has 17 heavy (non-hydrogen) atoms. The van der Waals surface area contributed by atoms with E-state index in [1.54, 1.807) is 0 Å². The van der Waals surface area contributed by atoms with Crippen molar-refractivity contribution in [2.24, 2.45) is 0 Å². The molecule has 0 aromatic heterocycles. The van der Waals surface area contributed by atoms with Crippen LogP contribution < -0.4 is 0 Å². The van der Waals surface area contributed by atoms with Crippen LogP contribution in [-0.4, -0.2) is 11.1 Å². The van der Waals surface area contributed by atoms with E-state index in [1.807, 2.05) is 0 Å². The molecule has 1 N–H and O–H groups in total. The summed E-state index contributed by atoms with van der Waals surface area (Å²) >= 11 is 0. The van der Waals surface area contributed by atoms with Gasteiger partial charge in [-0.05, 0) is 30.7 Å². The lowest BCUT2D eigenvalue weighted by molar-refractivity contribution is -0.138. The lowest BCUT2D eigenvalue weighted by atomic mass is 10.0. The van der Waals surface area contributed by atoms with Gasteiger partial charge >= 0.3 is 12.1 Å². The van der Waals surface area contributed by atoms with Gasteiger partial charge in [-0.2, -0.15) is 13.2 Å². The number of rotatable bonds is 1. The Kier molecular flexibility index (Phi) is 3.79. The van der Waals surface area contributed by atoms with E-state index in [-0.39, 0.29) is 12.0 Å². The van der Waals surface area contributed by atoms with Gasteiger partial charge in [-0.25, -0.2) is 0 Å². The minimum Gasteiger partial charge on any atom is -0.481 e. The molecular weight excluding hydrogens is 233 g/mol. The number of aliphatic carboxylic acids is 1. The third-order valence-corrected chi connectivity index (χ3v) is 2.00. The number of carbonyl (C=O) groups is 1. The smallest absolute Gasteiger partial charge is 0.416 e. The van der Waals surface area contributed by atoms with Crippen molar-refractivity contribution in [1.29, 1.82) is 0 Å². The predicted octanol–water partition coefficient (Wildman–Crippen LogP) is 2.84. The molecule has 0 aliphatic carbocycles. The number of benzene rings is 1.